The Morgan fingerprint density at radius 1 is 1.29 bits per heavy atom. The molecule has 0 amide bonds. The Kier molecular flexibility index (Phi) is 4.76. The molecule has 5 heteroatoms. The minimum absolute atomic E-state index is 0.0555. The molecule has 0 aromatic heterocycles. The number of aryl methyl sites for hydroxylation is 1. The third kappa shape index (κ3) is 3.15. The van der Waals surface area contributed by atoms with Crippen LogP contribution in [0.4, 0.5) is 0 Å². The van der Waals surface area contributed by atoms with Crippen LogP contribution in [0.2, 0.25) is 0 Å². The minimum atomic E-state index is -3.44. The predicted molar refractivity (Wildman–Crippen MR) is 85.6 cm³/mol. The highest BCUT2D eigenvalue weighted by molar-refractivity contribution is 7.89. The molecule has 1 aliphatic heterocycles. The number of benzene rings is 1. The van der Waals surface area contributed by atoms with E-state index in [1.165, 1.54) is 0 Å². The Bertz CT molecular complexity index is 625. The average Bonchev–Trinajstić information content (AvgIpc) is 2.40. The van der Waals surface area contributed by atoms with Gasteiger partial charge in [-0.25, -0.2) is 8.42 Å². The van der Waals surface area contributed by atoms with Crippen LogP contribution in [0.5, 0.6) is 0 Å². The molecular formula is C16H26N2O2S. The van der Waals surface area contributed by atoms with Crippen LogP contribution in [0.25, 0.3) is 0 Å². The van der Waals surface area contributed by atoms with Gasteiger partial charge in [-0.2, -0.15) is 4.31 Å². The lowest BCUT2D eigenvalue weighted by Crippen LogP contribution is -2.44. The Balaban J connectivity index is 2.47. The Morgan fingerprint density at radius 3 is 2.52 bits per heavy atom. The van der Waals surface area contributed by atoms with Gasteiger partial charge in [-0.05, 0) is 62.3 Å². The lowest BCUT2D eigenvalue weighted by molar-refractivity contribution is 0.220. The maximum atomic E-state index is 13.0. The fraction of sp³-hybridized carbons (Fsp3) is 0.625. The average molecular weight is 310 g/mol. The molecule has 1 heterocycles. The third-order valence-corrected chi connectivity index (χ3v) is 6.72. The predicted octanol–water partition coefficient (Wildman–Crippen LogP) is 2.57. The van der Waals surface area contributed by atoms with Crippen LogP contribution < -0.4 is 5.73 Å². The molecule has 0 aliphatic carbocycles. The highest BCUT2D eigenvalue weighted by Gasteiger charge is 2.34. The number of nitrogens with zero attached hydrogens (tertiary/aromatic N) is 1. The molecule has 2 unspecified atom stereocenters. The fourth-order valence-electron chi connectivity index (χ4n) is 3.15. The summed E-state index contributed by atoms with van der Waals surface area (Å²) in [6.45, 7) is 8.97. The van der Waals surface area contributed by atoms with Gasteiger partial charge in [0.1, 0.15) is 0 Å². The Hall–Kier alpha value is -0.910. The van der Waals surface area contributed by atoms with Gasteiger partial charge in [0.15, 0.2) is 0 Å². The number of nitrogens with two attached hydrogens (primary N) is 1. The molecule has 2 rings (SSSR count). The molecule has 1 aromatic carbocycles. The van der Waals surface area contributed by atoms with Gasteiger partial charge in [0.2, 0.25) is 10.0 Å². The zero-order valence-electron chi connectivity index (χ0n) is 13.4. The number of hydrogen-bond acceptors (Lipinski definition) is 3. The van der Waals surface area contributed by atoms with E-state index in [0.717, 1.165) is 29.5 Å². The normalized spacial score (nSPS) is 24.2. The summed E-state index contributed by atoms with van der Waals surface area (Å²) < 4.78 is 27.7. The zero-order valence-corrected chi connectivity index (χ0v) is 14.2. The molecule has 21 heavy (non-hydrogen) atoms. The van der Waals surface area contributed by atoms with E-state index in [1.54, 1.807) is 10.4 Å². The van der Waals surface area contributed by atoms with Crippen molar-refractivity contribution in [2.75, 3.05) is 6.54 Å². The van der Waals surface area contributed by atoms with Crippen LogP contribution in [0.15, 0.2) is 17.0 Å². The second-order valence-corrected chi connectivity index (χ2v) is 8.19. The summed E-state index contributed by atoms with van der Waals surface area (Å²) in [4.78, 5) is 0.421. The van der Waals surface area contributed by atoms with Crippen molar-refractivity contribution in [3.8, 4) is 0 Å². The van der Waals surface area contributed by atoms with Crippen LogP contribution in [0, 0.1) is 19.8 Å². The number of rotatable bonds is 3. The van der Waals surface area contributed by atoms with E-state index in [9.17, 15) is 8.42 Å². The summed E-state index contributed by atoms with van der Waals surface area (Å²) in [6, 6.07) is 3.76. The zero-order chi connectivity index (χ0) is 15.8. The Labute approximate surface area is 128 Å². The van der Waals surface area contributed by atoms with E-state index in [2.05, 4.69) is 6.92 Å². The molecule has 0 saturated carbocycles. The van der Waals surface area contributed by atoms with Gasteiger partial charge in [0, 0.05) is 19.1 Å². The summed E-state index contributed by atoms with van der Waals surface area (Å²) in [5, 5.41) is 0. The van der Waals surface area contributed by atoms with Gasteiger partial charge in [0.25, 0.3) is 0 Å². The van der Waals surface area contributed by atoms with Crippen LogP contribution in [0.3, 0.4) is 0 Å². The summed E-state index contributed by atoms with van der Waals surface area (Å²) in [6.07, 6.45) is 1.85. The van der Waals surface area contributed by atoms with Crippen LogP contribution >= 0.6 is 0 Å². The SMILES string of the molecule is Cc1cc(CN)cc(S(=O)(=O)N2CCC(C)CC2C)c1C. The number of hydrogen-bond donors (Lipinski definition) is 1. The molecule has 2 atom stereocenters. The van der Waals surface area contributed by atoms with E-state index in [1.807, 2.05) is 26.8 Å². The van der Waals surface area contributed by atoms with Crippen LogP contribution in [0.1, 0.15) is 43.4 Å². The summed E-state index contributed by atoms with van der Waals surface area (Å²) in [5.41, 5.74) is 8.38. The monoisotopic (exact) mass is 310 g/mol. The fourth-order valence-corrected chi connectivity index (χ4v) is 5.16. The van der Waals surface area contributed by atoms with Crippen molar-refractivity contribution in [2.24, 2.45) is 11.7 Å². The molecule has 1 fully saturated rings. The van der Waals surface area contributed by atoms with Gasteiger partial charge < -0.3 is 5.73 Å². The van der Waals surface area contributed by atoms with Crippen molar-refractivity contribution >= 4 is 10.0 Å². The third-order valence-electron chi connectivity index (χ3n) is 4.58. The van der Waals surface area contributed by atoms with E-state index >= 15 is 0 Å². The maximum absolute atomic E-state index is 13.0. The molecule has 1 aliphatic rings. The van der Waals surface area contributed by atoms with E-state index in [4.69, 9.17) is 5.73 Å². The molecule has 0 bridgehead atoms. The topological polar surface area (TPSA) is 63.4 Å². The van der Waals surface area contributed by atoms with Crippen LogP contribution in [-0.2, 0) is 16.6 Å². The van der Waals surface area contributed by atoms with Crippen molar-refractivity contribution in [1.82, 2.24) is 4.31 Å². The number of piperidine rings is 1. The molecule has 4 nitrogen and oxygen atoms in total. The lowest BCUT2D eigenvalue weighted by Gasteiger charge is -2.36. The summed E-state index contributed by atoms with van der Waals surface area (Å²) in [5.74, 6) is 0.588. The van der Waals surface area contributed by atoms with E-state index in [-0.39, 0.29) is 6.04 Å². The quantitative estimate of drug-likeness (QED) is 0.933. The van der Waals surface area contributed by atoms with Gasteiger partial charge in [0.05, 0.1) is 4.90 Å². The van der Waals surface area contributed by atoms with Gasteiger partial charge in [-0.3, -0.25) is 0 Å². The van der Waals surface area contributed by atoms with Crippen molar-refractivity contribution in [3.63, 3.8) is 0 Å². The summed E-state index contributed by atoms with van der Waals surface area (Å²) >= 11 is 0. The molecule has 1 saturated heterocycles. The Morgan fingerprint density at radius 2 is 1.95 bits per heavy atom. The molecule has 0 spiro atoms. The first kappa shape index (κ1) is 16.5. The van der Waals surface area contributed by atoms with Gasteiger partial charge in [-0.1, -0.05) is 13.0 Å². The molecule has 0 radical (unpaired) electrons. The van der Waals surface area contributed by atoms with Gasteiger partial charge in [-0.15, -0.1) is 0 Å². The van der Waals surface area contributed by atoms with Gasteiger partial charge >= 0.3 is 0 Å². The largest absolute Gasteiger partial charge is 0.326 e. The minimum Gasteiger partial charge on any atom is -0.326 e. The second-order valence-electron chi connectivity index (χ2n) is 6.33. The van der Waals surface area contributed by atoms with Crippen molar-refractivity contribution in [2.45, 2.75) is 58.0 Å². The summed E-state index contributed by atoms with van der Waals surface area (Å²) in [7, 11) is -3.44. The molecular weight excluding hydrogens is 284 g/mol. The van der Waals surface area contributed by atoms with E-state index < -0.39 is 10.0 Å². The smallest absolute Gasteiger partial charge is 0.243 e. The first-order valence-electron chi connectivity index (χ1n) is 7.59. The van der Waals surface area contributed by atoms with Crippen molar-refractivity contribution in [1.29, 1.82) is 0 Å². The van der Waals surface area contributed by atoms with Crippen molar-refractivity contribution in [3.05, 3.63) is 28.8 Å². The maximum Gasteiger partial charge on any atom is 0.243 e. The van der Waals surface area contributed by atoms with Crippen LogP contribution in [-0.4, -0.2) is 25.3 Å². The highest BCUT2D eigenvalue weighted by atomic mass is 32.2. The number of sulfonamides is 1. The second kappa shape index (κ2) is 6.07. The standard InChI is InChI=1S/C16H26N2O2S/c1-11-5-6-18(13(3)7-11)21(19,20)16-9-15(10-17)8-12(2)14(16)4/h8-9,11,13H,5-7,10,17H2,1-4H3. The van der Waals surface area contributed by atoms with Crippen molar-refractivity contribution < 1.29 is 8.42 Å². The molecule has 118 valence electrons. The molecule has 1 aromatic rings. The molecule has 2 N–H and O–H groups in total. The lowest BCUT2D eigenvalue weighted by atomic mass is 9.95. The highest BCUT2D eigenvalue weighted by Crippen LogP contribution is 2.30. The van der Waals surface area contributed by atoms with E-state index in [0.29, 0.717) is 23.9 Å². The first-order valence-corrected chi connectivity index (χ1v) is 9.03. The first-order chi connectivity index (χ1) is 9.77.